The van der Waals surface area contributed by atoms with Gasteiger partial charge in [0, 0.05) is 6.04 Å². The molecule has 2 atom stereocenters. The topological polar surface area (TPSA) is 23.8 Å². The van der Waals surface area contributed by atoms with Gasteiger partial charge < -0.3 is 0 Å². The minimum atomic E-state index is 0.301. The van der Waals surface area contributed by atoms with Gasteiger partial charge in [-0.05, 0) is 12.3 Å². The van der Waals surface area contributed by atoms with E-state index in [1.54, 1.807) is 0 Å². The lowest BCUT2D eigenvalue weighted by molar-refractivity contribution is 0.874. The molecule has 1 saturated carbocycles. The third kappa shape index (κ3) is 0.428. The Morgan fingerprint density at radius 3 is 2.00 bits per heavy atom. The van der Waals surface area contributed by atoms with E-state index in [1.807, 2.05) is 0 Å². The van der Waals surface area contributed by atoms with Crippen LogP contribution in [0.1, 0.15) is 13.3 Å². The van der Waals surface area contributed by atoms with Crippen LogP contribution in [0.2, 0.25) is 0 Å². The van der Waals surface area contributed by atoms with Crippen molar-refractivity contribution in [3.63, 3.8) is 0 Å². The van der Waals surface area contributed by atoms with Crippen molar-refractivity contribution in [3.8, 4) is 0 Å². The van der Waals surface area contributed by atoms with Crippen molar-refractivity contribution < 1.29 is 0 Å². The quantitative estimate of drug-likeness (QED) is 0.400. The van der Waals surface area contributed by atoms with Crippen LogP contribution in [0.3, 0.4) is 0 Å². The van der Waals surface area contributed by atoms with E-state index in [-0.39, 0.29) is 0 Å². The maximum Gasteiger partial charge on any atom is 0.0242 e. The summed E-state index contributed by atoms with van der Waals surface area (Å²) in [6.07, 6.45) is 1.14. The molecule has 1 nitrogen and oxygen atoms in total. The van der Waals surface area contributed by atoms with E-state index in [0.717, 1.165) is 12.3 Å². The van der Waals surface area contributed by atoms with Crippen LogP contribution in [0.4, 0.5) is 0 Å². The van der Waals surface area contributed by atoms with Crippen molar-refractivity contribution in [1.82, 2.24) is 5.73 Å². The van der Waals surface area contributed by atoms with Crippen LogP contribution in [0.25, 0.3) is 0 Å². The smallest absolute Gasteiger partial charge is 0.0242 e. The first-order valence-corrected chi connectivity index (χ1v) is 2.02. The van der Waals surface area contributed by atoms with Crippen molar-refractivity contribution in [3.05, 3.63) is 0 Å². The number of hydrogen-bond donors (Lipinski definition) is 0. The lowest BCUT2D eigenvalue weighted by Gasteiger charge is -1.67. The first-order valence-electron chi connectivity index (χ1n) is 2.02. The van der Waals surface area contributed by atoms with Gasteiger partial charge in [-0.2, -0.15) is 0 Å². The van der Waals surface area contributed by atoms with Gasteiger partial charge in [0.05, 0.1) is 0 Å². The number of nitrogens with one attached hydrogen (secondary N) is 1. The molecule has 0 bridgehead atoms. The summed E-state index contributed by atoms with van der Waals surface area (Å²) in [6.45, 7) is 2.11. The zero-order chi connectivity index (χ0) is 3.86. The summed E-state index contributed by atoms with van der Waals surface area (Å²) in [5.74, 6) is 0.718. The van der Waals surface area contributed by atoms with E-state index < -0.39 is 0 Å². The second kappa shape index (κ2) is 0.716. The van der Waals surface area contributed by atoms with Crippen molar-refractivity contribution >= 4 is 0 Å². The molecule has 1 rings (SSSR count). The molecule has 1 fully saturated rings. The molecule has 0 aromatic heterocycles. The highest BCUT2D eigenvalue weighted by atomic mass is 14.7. The highest BCUT2D eigenvalue weighted by Crippen LogP contribution is 2.27. The average molecular weight is 70.1 g/mol. The molecule has 0 spiro atoms. The van der Waals surface area contributed by atoms with Crippen LogP contribution in [-0.4, -0.2) is 6.04 Å². The predicted octanol–water partition coefficient (Wildman–Crippen LogP) is 0.678. The Kier molecular flexibility index (Phi) is 0.453. The van der Waals surface area contributed by atoms with Gasteiger partial charge in [-0.25, -0.2) is 0 Å². The molecule has 0 aromatic carbocycles. The van der Waals surface area contributed by atoms with Gasteiger partial charge in [-0.1, -0.05) is 6.92 Å². The van der Waals surface area contributed by atoms with Crippen LogP contribution in [-0.2, 0) is 0 Å². The SMILES string of the molecule is CC1CC1[NH]. The molecule has 0 amide bonds. The molecule has 1 aliphatic rings. The lowest BCUT2D eigenvalue weighted by atomic mass is 10.5. The Morgan fingerprint density at radius 1 is 1.80 bits per heavy atom. The maximum atomic E-state index is 6.90. The number of hydrogen-bond acceptors (Lipinski definition) is 0. The molecule has 1 N–H and O–H groups in total. The summed E-state index contributed by atoms with van der Waals surface area (Å²) in [5.41, 5.74) is 6.90. The Hall–Kier alpha value is -0.0400. The highest BCUT2D eigenvalue weighted by Gasteiger charge is 2.28. The molecule has 0 saturated heterocycles. The van der Waals surface area contributed by atoms with Crippen LogP contribution in [0, 0.1) is 5.92 Å². The van der Waals surface area contributed by atoms with Crippen molar-refractivity contribution in [2.45, 2.75) is 19.4 Å². The van der Waals surface area contributed by atoms with E-state index in [9.17, 15) is 0 Å². The Bertz CT molecular complexity index is 36.9. The molecule has 29 valence electrons. The molecule has 2 unspecified atom stereocenters. The van der Waals surface area contributed by atoms with Crippen LogP contribution < -0.4 is 5.73 Å². The fourth-order valence-electron chi connectivity index (χ4n) is 0.322. The fraction of sp³-hybridized carbons (Fsp3) is 1.00. The second-order valence-corrected chi connectivity index (χ2v) is 1.82. The second-order valence-electron chi connectivity index (χ2n) is 1.82. The zero-order valence-corrected chi connectivity index (χ0v) is 3.36. The van der Waals surface area contributed by atoms with Crippen molar-refractivity contribution in [2.24, 2.45) is 5.92 Å². The van der Waals surface area contributed by atoms with E-state index in [4.69, 9.17) is 5.73 Å². The first kappa shape index (κ1) is 3.16. The van der Waals surface area contributed by atoms with E-state index >= 15 is 0 Å². The monoisotopic (exact) mass is 70.1 g/mol. The molecule has 0 heterocycles. The summed E-state index contributed by atoms with van der Waals surface area (Å²) in [7, 11) is 0. The van der Waals surface area contributed by atoms with Crippen LogP contribution in [0.15, 0.2) is 0 Å². The highest BCUT2D eigenvalue weighted by molar-refractivity contribution is 4.84. The standard InChI is InChI=1S/C4H8N/c1-3-2-4(3)5/h3-5H,2H2,1H3. The summed E-state index contributed by atoms with van der Waals surface area (Å²) < 4.78 is 0. The lowest BCUT2D eigenvalue weighted by Crippen LogP contribution is -1.79. The Labute approximate surface area is 32.2 Å². The van der Waals surface area contributed by atoms with Gasteiger partial charge in [0.1, 0.15) is 0 Å². The normalized spacial score (nSPS) is 49.2. The van der Waals surface area contributed by atoms with Crippen LogP contribution >= 0.6 is 0 Å². The summed E-state index contributed by atoms with van der Waals surface area (Å²) >= 11 is 0. The minimum absolute atomic E-state index is 0.301. The van der Waals surface area contributed by atoms with Crippen LogP contribution in [0.5, 0.6) is 0 Å². The van der Waals surface area contributed by atoms with E-state index in [0.29, 0.717) is 6.04 Å². The molecular weight excluding hydrogens is 62.1 g/mol. The first-order chi connectivity index (χ1) is 2.30. The maximum absolute atomic E-state index is 6.90. The molecule has 1 aliphatic carbocycles. The molecule has 0 aromatic rings. The summed E-state index contributed by atoms with van der Waals surface area (Å²) in [5, 5.41) is 0. The Morgan fingerprint density at radius 2 is 2.00 bits per heavy atom. The largest absolute Gasteiger partial charge is 0.254 e. The van der Waals surface area contributed by atoms with Gasteiger partial charge in [0.2, 0.25) is 0 Å². The molecular formula is C4H8N. The van der Waals surface area contributed by atoms with E-state index in [2.05, 4.69) is 6.92 Å². The summed E-state index contributed by atoms with van der Waals surface area (Å²) in [6, 6.07) is 0.301. The Balaban J connectivity index is 2.20. The zero-order valence-electron chi connectivity index (χ0n) is 3.36. The van der Waals surface area contributed by atoms with E-state index in [1.165, 1.54) is 0 Å². The van der Waals surface area contributed by atoms with Gasteiger partial charge in [-0.15, -0.1) is 0 Å². The third-order valence-electron chi connectivity index (χ3n) is 1.11. The van der Waals surface area contributed by atoms with Crippen molar-refractivity contribution in [2.75, 3.05) is 0 Å². The third-order valence-corrected chi connectivity index (χ3v) is 1.11. The molecule has 1 radical (unpaired) electrons. The minimum Gasteiger partial charge on any atom is -0.254 e. The average Bonchev–Trinajstić information content (AvgIpc) is 1.79. The van der Waals surface area contributed by atoms with Gasteiger partial charge >= 0.3 is 0 Å². The predicted molar refractivity (Wildman–Crippen MR) is 20.7 cm³/mol. The van der Waals surface area contributed by atoms with Gasteiger partial charge in [0.15, 0.2) is 0 Å². The summed E-state index contributed by atoms with van der Waals surface area (Å²) in [4.78, 5) is 0. The molecule has 1 heteroatoms. The number of rotatable bonds is 0. The van der Waals surface area contributed by atoms with Gasteiger partial charge in [0.25, 0.3) is 0 Å². The fourth-order valence-corrected chi connectivity index (χ4v) is 0.322. The van der Waals surface area contributed by atoms with Gasteiger partial charge in [-0.3, -0.25) is 5.73 Å². The molecule has 0 aliphatic heterocycles. The molecule has 5 heavy (non-hydrogen) atoms. The van der Waals surface area contributed by atoms with Crippen molar-refractivity contribution in [1.29, 1.82) is 0 Å².